The summed E-state index contributed by atoms with van der Waals surface area (Å²) < 4.78 is 0. The number of nitrogens with one attached hydrogen (secondary N) is 1. The summed E-state index contributed by atoms with van der Waals surface area (Å²) in [5.74, 6) is -0.0497. The van der Waals surface area contributed by atoms with Gasteiger partial charge in [0, 0.05) is 6.54 Å². The average molecular weight is 176 g/mol. The van der Waals surface area contributed by atoms with Gasteiger partial charge in [0.15, 0.2) is 0 Å². The summed E-state index contributed by atoms with van der Waals surface area (Å²) in [4.78, 5) is 11.0. The van der Waals surface area contributed by atoms with Crippen LogP contribution in [-0.2, 0) is 11.3 Å². The SMILES string of the molecule is C/C=C\[13C](=O)NCc1ccccc1. The van der Waals surface area contributed by atoms with Crippen molar-refractivity contribution in [3.63, 3.8) is 0 Å². The second-order valence-electron chi connectivity index (χ2n) is 2.70. The molecule has 0 fully saturated rings. The van der Waals surface area contributed by atoms with Gasteiger partial charge in [-0.1, -0.05) is 36.4 Å². The van der Waals surface area contributed by atoms with Crippen LogP contribution in [0.3, 0.4) is 0 Å². The molecule has 0 atom stereocenters. The fourth-order valence-corrected chi connectivity index (χ4v) is 0.995. The monoisotopic (exact) mass is 176 g/mol. The van der Waals surface area contributed by atoms with Crippen LogP contribution in [0.15, 0.2) is 42.5 Å². The molecule has 0 aromatic heterocycles. The van der Waals surface area contributed by atoms with Gasteiger partial charge in [-0.15, -0.1) is 0 Å². The molecule has 13 heavy (non-hydrogen) atoms. The zero-order chi connectivity index (χ0) is 9.52. The van der Waals surface area contributed by atoms with Crippen LogP contribution in [0, 0.1) is 0 Å². The minimum absolute atomic E-state index is 0.0497. The van der Waals surface area contributed by atoms with Crippen LogP contribution < -0.4 is 5.32 Å². The molecule has 1 amide bonds. The molecule has 0 aliphatic rings. The summed E-state index contributed by atoms with van der Waals surface area (Å²) in [5, 5.41) is 2.77. The van der Waals surface area contributed by atoms with Gasteiger partial charge in [0.05, 0.1) is 0 Å². The van der Waals surface area contributed by atoms with E-state index in [9.17, 15) is 4.79 Å². The van der Waals surface area contributed by atoms with Crippen LogP contribution in [0.5, 0.6) is 0 Å². The molecule has 2 heteroatoms. The van der Waals surface area contributed by atoms with E-state index in [4.69, 9.17) is 0 Å². The Bertz CT molecular complexity index is 290. The maximum Gasteiger partial charge on any atom is 0.243 e. The van der Waals surface area contributed by atoms with Crippen molar-refractivity contribution in [2.75, 3.05) is 0 Å². The normalized spacial score (nSPS) is 10.2. The van der Waals surface area contributed by atoms with Crippen LogP contribution in [0.1, 0.15) is 12.5 Å². The first-order valence-corrected chi connectivity index (χ1v) is 4.27. The lowest BCUT2D eigenvalue weighted by Crippen LogP contribution is -2.19. The number of hydrogen-bond donors (Lipinski definition) is 1. The van der Waals surface area contributed by atoms with Gasteiger partial charge in [0.2, 0.25) is 5.91 Å². The molecular weight excluding hydrogens is 163 g/mol. The van der Waals surface area contributed by atoms with Crippen LogP contribution in [0.4, 0.5) is 0 Å². The number of carbonyl (C=O) groups excluding carboxylic acids is 1. The molecular formula is C11H13NO. The third-order valence-corrected chi connectivity index (χ3v) is 1.63. The van der Waals surface area contributed by atoms with E-state index in [1.54, 1.807) is 6.08 Å². The van der Waals surface area contributed by atoms with Crippen molar-refractivity contribution in [2.45, 2.75) is 13.5 Å². The number of carbonyl (C=O) groups is 1. The van der Waals surface area contributed by atoms with Gasteiger partial charge in [-0.2, -0.15) is 0 Å². The predicted molar refractivity (Wildman–Crippen MR) is 53.1 cm³/mol. The molecule has 0 unspecified atom stereocenters. The first-order chi connectivity index (χ1) is 6.33. The van der Waals surface area contributed by atoms with Crippen LogP contribution in [0.25, 0.3) is 0 Å². The lowest BCUT2D eigenvalue weighted by molar-refractivity contribution is -0.116. The van der Waals surface area contributed by atoms with Crippen molar-refractivity contribution >= 4 is 5.91 Å². The molecule has 0 bridgehead atoms. The van der Waals surface area contributed by atoms with E-state index in [-0.39, 0.29) is 5.91 Å². The summed E-state index contributed by atoms with van der Waals surface area (Å²) in [6.07, 6.45) is 3.24. The lowest BCUT2D eigenvalue weighted by Gasteiger charge is -2.01. The second-order valence-corrected chi connectivity index (χ2v) is 2.70. The number of benzene rings is 1. The molecule has 2 nitrogen and oxygen atoms in total. The Morgan fingerprint density at radius 3 is 2.69 bits per heavy atom. The third kappa shape index (κ3) is 3.56. The van der Waals surface area contributed by atoms with Gasteiger partial charge in [0.25, 0.3) is 0 Å². The molecule has 1 aromatic rings. The third-order valence-electron chi connectivity index (χ3n) is 1.63. The smallest absolute Gasteiger partial charge is 0.243 e. The Kier molecular flexibility index (Phi) is 3.76. The highest BCUT2D eigenvalue weighted by atomic mass is 16.2. The fraction of sp³-hybridized carbons (Fsp3) is 0.182. The van der Waals surface area contributed by atoms with Gasteiger partial charge in [0.1, 0.15) is 0 Å². The molecule has 0 aliphatic carbocycles. The van der Waals surface area contributed by atoms with Gasteiger partial charge < -0.3 is 5.32 Å². The van der Waals surface area contributed by atoms with Gasteiger partial charge >= 0.3 is 0 Å². The second kappa shape index (κ2) is 5.14. The Morgan fingerprint density at radius 2 is 2.08 bits per heavy atom. The molecule has 0 saturated heterocycles. The molecule has 0 heterocycles. The highest BCUT2D eigenvalue weighted by Crippen LogP contribution is 1.96. The number of hydrogen-bond acceptors (Lipinski definition) is 1. The van der Waals surface area contributed by atoms with Crippen molar-refractivity contribution in [2.24, 2.45) is 0 Å². The summed E-state index contributed by atoms with van der Waals surface area (Å²) in [7, 11) is 0. The summed E-state index contributed by atoms with van der Waals surface area (Å²) in [6.45, 7) is 2.41. The quantitative estimate of drug-likeness (QED) is 0.553. The van der Waals surface area contributed by atoms with E-state index in [1.807, 2.05) is 37.3 Å². The molecule has 1 aromatic carbocycles. The van der Waals surface area contributed by atoms with E-state index in [0.29, 0.717) is 6.54 Å². The number of amides is 1. The minimum Gasteiger partial charge on any atom is -0.348 e. The van der Waals surface area contributed by atoms with Crippen molar-refractivity contribution in [3.05, 3.63) is 48.0 Å². The topological polar surface area (TPSA) is 29.1 Å². The molecule has 0 saturated carbocycles. The molecule has 68 valence electrons. The van der Waals surface area contributed by atoms with Crippen molar-refractivity contribution < 1.29 is 4.79 Å². The van der Waals surface area contributed by atoms with Crippen molar-refractivity contribution in [1.29, 1.82) is 0 Å². The number of rotatable bonds is 3. The van der Waals surface area contributed by atoms with E-state index in [2.05, 4.69) is 5.32 Å². The largest absolute Gasteiger partial charge is 0.348 e. The first kappa shape index (κ1) is 9.52. The summed E-state index contributed by atoms with van der Waals surface area (Å²) in [5.41, 5.74) is 1.11. The van der Waals surface area contributed by atoms with E-state index in [0.717, 1.165) is 5.56 Å². The maximum atomic E-state index is 11.0. The van der Waals surface area contributed by atoms with Gasteiger partial charge in [-0.05, 0) is 18.6 Å². The van der Waals surface area contributed by atoms with Crippen molar-refractivity contribution in [1.82, 2.24) is 5.32 Å². The van der Waals surface area contributed by atoms with Crippen molar-refractivity contribution in [3.8, 4) is 0 Å². The molecule has 0 radical (unpaired) electrons. The molecule has 0 aliphatic heterocycles. The zero-order valence-corrected chi connectivity index (χ0v) is 7.66. The Hall–Kier alpha value is -1.57. The highest BCUT2D eigenvalue weighted by molar-refractivity contribution is 5.87. The van der Waals surface area contributed by atoms with Gasteiger partial charge in [-0.3, -0.25) is 4.79 Å². The van der Waals surface area contributed by atoms with Gasteiger partial charge in [-0.25, -0.2) is 0 Å². The zero-order valence-electron chi connectivity index (χ0n) is 7.66. The lowest BCUT2D eigenvalue weighted by atomic mass is 10.2. The maximum absolute atomic E-state index is 11.0. The standard InChI is InChI=1S/C11H13NO/c1-2-6-11(13)12-9-10-7-4-3-5-8-10/h2-8H,9H2,1H3,(H,12,13)/b6-2-/i11+1. The fourth-order valence-electron chi connectivity index (χ4n) is 0.995. The average Bonchev–Trinajstić information content (AvgIpc) is 2.17. The first-order valence-electron chi connectivity index (χ1n) is 4.27. The Morgan fingerprint density at radius 1 is 1.38 bits per heavy atom. The summed E-state index contributed by atoms with van der Waals surface area (Å²) in [6, 6.07) is 9.83. The predicted octanol–water partition coefficient (Wildman–Crippen LogP) is 1.88. The Labute approximate surface area is 78.3 Å². The molecule has 1 rings (SSSR count). The van der Waals surface area contributed by atoms with E-state index >= 15 is 0 Å². The molecule has 1 N–H and O–H groups in total. The van der Waals surface area contributed by atoms with Crippen LogP contribution in [-0.4, -0.2) is 5.91 Å². The summed E-state index contributed by atoms with van der Waals surface area (Å²) >= 11 is 0. The van der Waals surface area contributed by atoms with Crippen LogP contribution in [0.2, 0.25) is 0 Å². The van der Waals surface area contributed by atoms with E-state index < -0.39 is 0 Å². The van der Waals surface area contributed by atoms with E-state index in [1.165, 1.54) is 6.08 Å². The van der Waals surface area contributed by atoms with Crippen LogP contribution >= 0.6 is 0 Å². The Balaban J connectivity index is 2.40. The minimum atomic E-state index is -0.0497. The molecule has 0 spiro atoms. The highest BCUT2D eigenvalue weighted by Gasteiger charge is 1.93. The number of allylic oxidation sites excluding steroid dienone is 1.